The lowest BCUT2D eigenvalue weighted by atomic mass is 10.1. The van der Waals surface area contributed by atoms with Crippen molar-refractivity contribution in [1.29, 1.82) is 0 Å². The van der Waals surface area contributed by atoms with Gasteiger partial charge in [0, 0.05) is 21.2 Å². The molecule has 0 bridgehead atoms. The van der Waals surface area contributed by atoms with Gasteiger partial charge in [-0.25, -0.2) is 0 Å². The predicted octanol–water partition coefficient (Wildman–Crippen LogP) is 2.83. The van der Waals surface area contributed by atoms with Gasteiger partial charge in [0.2, 0.25) is 0 Å². The van der Waals surface area contributed by atoms with E-state index in [2.05, 4.69) is 41.6 Å². The molecule has 0 spiro atoms. The Balaban J connectivity index is 2.18. The summed E-state index contributed by atoms with van der Waals surface area (Å²) in [6.07, 6.45) is 15.1. The first kappa shape index (κ1) is 12.0. The van der Waals surface area contributed by atoms with Crippen molar-refractivity contribution >= 4 is 23.9 Å². The summed E-state index contributed by atoms with van der Waals surface area (Å²) in [7, 11) is 0. The normalized spacial score (nSPS) is 20.9. The molecule has 92 valence electrons. The third-order valence-electron chi connectivity index (χ3n) is 2.96. The number of pyridine rings is 1. The molecule has 0 saturated heterocycles. The summed E-state index contributed by atoms with van der Waals surface area (Å²) in [6, 6.07) is 4.03. The van der Waals surface area contributed by atoms with Gasteiger partial charge < -0.3 is 0 Å². The van der Waals surface area contributed by atoms with E-state index in [9.17, 15) is 0 Å². The first-order valence-electron chi connectivity index (χ1n) is 6.15. The highest BCUT2D eigenvalue weighted by atomic mass is 32.2. The summed E-state index contributed by atoms with van der Waals surface area (Å²) in [4.78, 5) is 6.66. The van der Waals surface area contributed by atoms with Gasteiger partial charge in [0.1, 0.15) is 0 Å². The molecule has 1 aromatic heterocycles. The number of aromatic nitrogens is 1. The van der Waals surface area contributed by atoms with Gasteiger partial charge in [-0.15, -0.1) is 5.73 Å². The van der Waals surface area contributed by atoms with Crippen molar-refractivity contribution < 1.29 is 0 Å². The second-order valence-corrected chi connectivity index (χ2v) is 5.49. The number of hydrogen-bond acceptors (Lipinski definition) is 2. The monoisotopic (exact) mass is 263 g/mol. The molecule has 1 aliphatic heterocycles. The van der Waals surface area contributed by atoms with Gasteiger partial charge in [-0.05, 0) is 36.3 Å². The lowest BCUT2D eigenvalue weighted by Crippen LogP contribution is -2.27. The molecule has 0 fully saturated rings. The summed E-state index contributed by atoms with van der Waals surface area (Å²) in [5.41, 5.74) is 4.43. The standard InChI is InChI=1S/C17H13NS/c1-13-12-15-7-5-11-18-16(15)10-9-14-6-3-2-4-8-17(14)19-13/h2-3,5-8,10-12H,1,9H2/b15-12-,16-10+. The maximum Gasteiger partial charge on any atom is 0.0665 e. The zero-order valence-corrected chi connectivity index (χ0v) is 11.3. The van der Waals surface area contributed by atoms with Crippen LogP contribution >= 0.6 is 11.8 Å². The molecular formula is C17H13NS. The highest BCUT2D eigenvalue weighted by Gasteiger charge is 2.06. The smallest absolute Gasteiger partial charge is 0.0665 e. The van der Waals surface area contributed by atoms with E-state index in [1.54, 1.807) is 11.8 Å². The van der Waals surface area contributed by atoms with Crippen LogP contribution in [0.2, 0.25) is 0 Å². The Morgan fingerprint density at radius 2 is 2.32 bits per heavy atom. The predicted molar refractivity (Wildman–Crippen MR) is 82.6 cm³/mol. The molecule has 2 heterocycles. The van der Waals surface area contributed by atoms with E-state index in [1.165, 1.54) is 10.5 Å². The van der Waals surface area contributed by atoms with Crippen LogP contribution in [0.4, 0.5) is 0 Å². The Morgan fingerprint density at radius 1 is 1.37 bits per heavy atom. The van der Waals surface area contributed by atoms with Crippen LogP contribution < -0.4 is 10.6 Å². The fourth-order valence-corrected chi connectivity index (χ4v) is 2.93. The van der Waals surface area contributed by atoms with Gasteiger partial charge in [0.15, 0.2) is 0 Å². The van der Waals surface area contributed by atoms with Crippen LogP contribution in [0.15, 0.2) is 70.3 Å². The van der Waals surface area contributed by atoms with Gasteiger partial charge in [-0.3, -0.25) is 4.98 Å². The van der Waals surface area contributed by atoms with Gasteiger partial charge in [0.05, 0.1) is 5.35 Å². The van der Waals surface area contributed by atoms with Crippen LogP contribution in [0.1, 0.15) is 6.42 Å². The quantitative estimate of drug-likeness (QED) is 0.668. The van der Waals surface area contributed by atoms with Crippen molar-refractivity contribution in [2.75, 3.05) is 0 Å². The van der Waals surface area contributed by atoms with Crippen molar-refractivity contribution in [3.63, 3.8) is 0 Å². The summed E-state index contributed by atoms with van der Waals surface area (Å²) in [5, 5.41) is 2.15. The molecule has 0 radical (unpaired) electrons. The second-order valence-electron chi connectivity index (χ2n) is 4.33. The molecule has 2 aliphatic rings. The Labute approximate surface area is 116 Å². The maximum absolute atomic E-state index is 4.44. The van der Waals surface area contributed by atoms with E-state index in [-0.39, 0.29) is 0 Å². The van der Waals surface area contributed by atoms with Crippen LogP contribution in [0.5, 0.6) is 0 Å². The van der Waals surface area contributed by atoms with Gasteiger partial charge >= 0.3 is 0 Å². The van der Waals surface area contributed by atoms with Crippen molar-refractivity contribution in [3.05, 3.63) is 80.9 Å². The van der Waals surface area contributed by atoms with Crippen molar-refractivity contribution in [2.24, 2.45) is 0 Å². The fraction of sp³-hybridized carbons (Fsp3) is 0.0588. The zero-order valence-electron chi connectivity index (χ0n) is 10.5. The Morgan fingerprint density at radius 3 is 3.26 bits per heavy atom. The molecule has 1 aliphatic carbocycles. The number of fused-ring (bicyclic) bond motifs is 1. The molecule has 0 saturated carbocycles. The van der Waals surface area contributed by atoms with Crippen molar-refractivity contribution in [3.8, 4) is 0 Å². The zero-order chi connectivity index (χ0) is 13.1. The minimum atomic E-state index is 0.871. The Kier molecular flexibility index (Phi) is 3.37. The van der Waals surface area contributed by atoms with Crippen LogP contribution in [0, 0.1) is 0 Å². The van der Waals surface area contributed by atoms with Gasteiger partial charge in [0.25, 0.3) is 0 Å². The number of nitrogens with zero attached hydrogens (tertiary/aromatic N) is 1. The number of allylic oxidation sites excluding steroid dienone is 5. The first-order valence-corrected chi connectivity index (χ1v) is 6.96. The van der Waals surface area contributed by atoms with E-state index in [0.717, 1.165) is 21.9 Å². The molecule has 0 N–H and O–H groups in total. The average molecular weight is 263 g/mol. The first-order chi connectivity index (χ1) is 9.33. The minimum absolute atomic E-state index is 0.871. The van der Waals surface area contributed by atoms with Gasteiger partial charge in [-0.2, -0.15) is 0 Å². The Hall–Kier alpha value is -2.02. The summed E-state index contributed by atoms with van der Waals surface area (Å²) < 4.78 is 0. The summed E-state index contributed by atoms with van der Waals surface area (Å²) >= 11 is 1.69. The van der Waals surface area contributed by atoms with E-state index < -0.39 is 0 Å². The van der Waals surface area contributed by atoms with Crippen LogP contribution in [0.3, 0.4) is 0 Å². The van der Waals surface area contributed by atoms with Gasteiger partial charge in [-0.1, -0.05) is 42.6 Å². The van der Waals surface area contributed by atoms with E-state index in [0.29, 0.717) is 0 Å². The summed E-state index contributed by atoms with van der Waals surface area (Å²) in [5.74, 6) is 0. The molecule has 3 rings (SSSR count). The van der Waals surface area contributed by atoms with Crippen molar-refractivity contribution in [1.82, 2.24) is 4.98 Å². The van der Waals surface area contributed by atoms with E-state index >= 15 is 0 Å². The molecule has 19 heavy (non-hydrogen) atoms. The molecule has 0 atom stereocenters. The lowest BCUT2D eigenvalue weighted by molar-refractivity contribution is 1.19. The van der Waals surface area contributed by atoms with Crippen LogP contribution in [-0.2, 0) is 0 Å². The SMILES string of the molecule is C=C1/C=c2/cccn/c2=C/CC2=C(C=C=CC=C2)S1. The molecule has 0 amide bonds. The minimum Gasteiger partial charge on any atom is -0.257 e. The lowest BCUT2D eigenvalue weighted by Gasteiger charge is -2.05. The second kappa shape index (κ2) is 5.31. The average Bonchev–Trinajstić information content (AvgIpc) is 2.59. The molecular weight excluding hydrogens is 250 g/mol. The summed E-state index contributed by atoms with van der Waals surface area (Å²) in [6.45, 7) is 4.13. The third kappa shape index (κ3) is 2.70. The number of hydrogen-bond donors (Lipinski definition) is 0. The fourth-order valence-electron chi connectivity index (χ4n) is 2.06. The van der Waals surface area contributed by atoms with E-state index in [1.807, 2.05) is 30.5 Å². The molecule has 0 unspecified atom stereocenters. The largest absolute Gasteiger partial charge is 0.257 e. The third-order valence-corrected chi connectivity index (χ3v) is 3.94. The molecule has 2 heteroatoms. The maximum atomic E-state index is 4.44. The molecule has 1 nitrogen and oxygen atoms in total. The van der Waals surface area contributed by atoms with Crippen LogP contribution in [-0.4, -0.2) is 4.98 Å². The molecule has 0 aromatic carbocycles. The number of thioether (sulfide) groups is 1. The van der Waals surface area contributed by atoms with E-state index in [4.69, 9.17) is 0 Å². The molecule has 1 aromatic rings. The number of rotatable bonds is 0. The van der Waals surface area contributed by atoms with Crippen LogP contribution in [0.25, 0.3) is 12.2 Å². The highest BCUT2D eigenvalue weighted by molar-refractivity contribution is 8.07. The topological polar surface area (TPSA) is 12.9 Å². The highest BCUT2D eigenvalue weighted by Crippen LogP contribution is 2.31. The van der Waals surface area contributed by atoms with Crippen molar-refractivity contribution in [2.45, 2.75) is 6.42 Å². The Bertz CT molecular complexity index is 772.